The van der Waals surface area contributed by atoms with Crippen LogP contribution in [0.5, 0.6) is 0 Å². The largest absolute Gasteiger partial charge is 0.396 e. The number of hydrogen-bond donors (Lipinski definition) is 1. The summed E-state index contributed by atoms with van der Waals surface area (Å²) in [5, 5.41) is 8.66. The van der Waals surface area contributed by atoms with E-state index in [4.69, 9.17) is 5.11 Å². The SMILES string of the molecule is CCCCCCCCCCCCCC#CCCCCCO. The van der Waals surface area contributed by atoms with Crippen molar-refractivity contribution in [3.05, 3.63) is 0 Å². The van der Waals surface area contributed by atoms with Crippen LogP contribution in [0.3, 0.4) is 0 Å². The fourth-order valence-electron chi connectivity index (χ4n) is 2.56. The maximum Gasteiger partial charge on any atom is 0.0431 e. The monoisotopic (exact) mass is 294 g/mol. The standard InChI is InChI=1S/C20H38O/c1-2-3-4-5-6-7-8-9-10-11-12-13-14-15-16-17-18-19-20-21/h21H,2-13,16-20H2,1H3. The van der Waals surface area contributed by atoms with Gasteiger partial charge in [-0.2, -0.15) is 0 Å². The maximum absolute atomic E-state index is 8.66. The number of aliphatic hydroxyl groups is 1. The summed E-state index contributed by atoms with van der Waals surface area (Å²) in [6.45, 7) is 2.61. The third-order valence-corrected chi connectivity index (χ3v) is 3.99. The van der Waals surface area contributed by atoms with Crippen molar-refractivity contribution in [3.63, 3.8) is 0 Å². The van der Waals surface area contributed by atoms with E-state index in [0.29, 0.717) is 6.61 Å². The van der Waals surface area contributed by atoms with Gasteiger partial charge in [-0.15, -0.1) is 11.8 Å². The van der Waals surface area contributed by atoms with Crippen molar-refractivity contribution in [1.82, 2.24) is 0 Å². The lowest BCUT2D eigenvalue weighted by Crippen LogP contribution is -1.82. The average molecular weight is 295 g/mol. The van der Waals surface area contributed by atoms with Crippen molar-refractivity contribution in [1.29, 1.82) is 0 Å². The molecule has 0 amide bonds. The van der Waals surface area contributed by atoms with E-state index in [2.05, 4.69) is 18.8 Å². The summed E-state index contributed by atoms with van der Waals surface area (Å²) < 4.78 is 0. The number of aliphatic hydroxyl groups excluding tert-OH is 1. The van der Waals surface area contributed by atoms with Crippen molar-refractivity contribution in [3.8, 4) is 11.8 Å². The smallest absolute Gasteiger partial charge is 0.0431 e. The molecular formula is C20H38O. The Bertz CT molecular complexity index is 236. The molecule has 1 nitrogen and oxygen atoms in total. The van der Waals surface area contributed by atoms with Gasteiger partial charge in [0.1, 0.15) is 0 Å². The number of rotatable bonds is 15. The Kier molecular flexibility index (Phi) is 19.1. The number of hydrogen-bond acceptors (Lipinski definition) is 1. The van der Waals surface area contributed by atoms with E-state index in [1.807, 2.05) is 0 Å². The van der Waals surface area contributed by atoms with Crippen LogP contribution in [0.15, 0.2) is 0 Å². The van der Waals surface area contributed by atoms with Crippen LogP contribution in [0.25, 0.3) is 0 Å². The van der Waals surface area contributed by atoms with Gasteiger partial charge < -0.3 is 5.11 Å². The summed E-state index contributed by atoms with van der Waals surface area (Å²) in [4.78, 5) is 0. The van der Waals surface area contributed by atoms with Gasteiger partial charge in [-0.1, -0.05) is 77.6 Å². The molecule has 0 aromatic heterocycles. The molecule has 0 bridgehead atoms. The van der Waals surface area contributed by atoms with E-state index >= 15 is 0 Å². The Morgan fingerprint density at radius 2 is 0.905 bits per heavy atom. The highest BCUT2D eigenvalue weighted by Gasteiger charge is 1.92. The summed E-state index contributed by atoms with van der Waals surface area (Å²) >= 11 is 0. The second-order valence-electron chi connectivity index (χ2n) is 6.17. The zero-order valence-electron chi connectivity index (χ0n) is 14.5. The van der Waals surface area contributed by atoms with Gasteiger partial charge >= 0.3 is 0 Å². The van der Waals surface area contributed by atoms with Crippen LogP contribution >= 0.6 is 0 Å². The topological polar surface area (TPSA) is 20.2 Å². The predicted octanol–water partition coefficient (Wildman–Crippen LogP) is 6.24. The van der Waals surface area contributed by atoms with Gasteiger partial charge in [0.2, 0.25) is 0 Å². The van der Waals surface area contributed by atoms with Crippen LogP contribution in [0.4, 0.5) is 0 Å². The highest BCUT2D eigenvalue weighted by Crippen LogP contribution is 2.11. The van der Waals surface area contributed by atoms with E-state index in [0.717, 1.165) is 32.1 Å². The molecule has 0 atom stereocenters. The second kappa shape index (κ2) is 19.5. The maximum atomic E-state index is 8.66. The molecule has 1 N–H and O–H groups in total. The zero-order valence-corrected chi connectivity index (χ0v) is 14.5. The lowest BCUT2D eigenvalue weighted by molar-refractivity contribution is 0.283. The summed E-state index contributed by atoms with van der Waals surface area (Å²) in [7, 11) is 0. The average Bonchev–Trinajstić information content (AvgIpc) is 2.50. The zero-order chi connectivity index (χ0) is 15.4. The van der Waals surface area contributed by atoms with Crippen LogP contribution in [0.1, 0.15) is 110 Å². The summed E-state index contributed by atoms with van der Waals surface area (Å²) in [5.74, 6) is 6.53. The minimum absolute atomic E-state index is 0.326. The molecule has 0 unspecified atom stereocenters. The molecule has 0 aliphatic heterocycles. The van der Waals surface area contributed by atoms with Crippen LogP contribution in [0, 0.1) is 11.8 Å². The van der Waals surface area contributed by atoms with Crippen molar-refractivity contribution in [2.24, 2.45) is 0 Å². The Morgan fingerprint density at radius 3 is 1.33 bits per heavy atom. The summed E-state index contributed by atoms with van der Waals surface area (Å²) in [6, 6.07) is 0. The molecule has 0 fully saturated rings. The molecule has 0 heterocycles. The van der Waals surface area contributed by atoms with Crippen LogP contribution in [-0.2, 0) is 0 Å². The first kappa shape index (κ1) is 20.5. The molecule has 0 radical (unpaired) electrons. The van der Waals surface area contributed by atoms with Crippen molar-refractivity contribution in [2.75, 3.05) is 6.61 Å². The Morgan fingerprint density at radius 1 is 0.524 bits per heavy atom. The fraction of sp³-hybridized carbons (Fsp3) is 0.900. The minimum atomic E-state index is 0.326. The van der Waals surface area contributed by atoms with Crippen LogP contribution in [0.2, 0.25) is 0 Å². The predicted molar refractivity (Wildman–Crippen MR) is 94.4 cm³/mol. The van der Waals surface area contributed by atoms with Gasteiger partial charge in [0, 0.05) is 19.4 Å². The Balaban J connectivity index is 3.04. The van der Waals surface area contributed by atoms with Gasteiger partial charge in [-0.25, -0.2) is 0 Å². The molecule has 0 aliphatic carbocycles. The van der Waals surface area contributed by atoms with Gasteiger partial charge in [0.25, 0.3) is 0 Å². The normalized spacial score (nSPS) is 10.4. The molecule has 0 aliphatic rings. The first-order chi connectivity index (χ1) is 10.4. The van der Waals surface area contributed by atoms with Crippen molar-refractivity contribution < 1.29 is 5.11 Å². The van der Waals surface area contributed by atoms with E-state index < -0.39 is 0 Å². The lowest BCUT2D eigenvalue weighted by atomic mass is 10.1. The highest BCUT2D eigenvalue weighted by atomic mass is 16.2. The molecule has 1 heteroatoms. The van der Waals surface area contributed by atoms with Crippen LogP contribution < -0.4 is 0 Å². The molecule has 0 spiro atoms. The molecular weight excluding hydrogens is 256 g/mol. The molecule has 0 saturated heterocycles. The molecule has 0 aromatic rings. The van der Waals surface area contributed by atoms with Gasteiger partial charge in [0.15, 0.2) is 0 Å². The highest BCUT2D eigenvalue weighted by molar-refractivity contribution is 4.98. The molecule has 0 saturated carbocycles. The third kappa shape index (κ3) is 19.5. The van der Waals surface area contributed by atoms with E-state index in [-0.39, 0.29) is 0 Å². The van der Waals surface area contributed by atoms with Gasteiger partial charge in [-0.05, 0) is 19.3 Å². The van der Waals surface area contributed by atoms with Crippen molar-refractivity contribution >= 4 is 0 Å². The van der Waals surface area contributed by atoms with E-state index in [9.17, 15) is 0 Å². The van der Waals surface area contributed by atoms with E-state index in [1.165, 1.54) is 70.6 Å². The minimum Gasteiger partial charge on any atom is -0.396 e. The van der Waals surface area contributed by atoms with Crippen LogP contribution in [-0.4, -0.2) is 11.7 Å². The quantitative estimate of drug-likeness (QED) is 0.280. The Labute approximate surface area is 133 Å². The first-order valence-electron chi connectivity index (χ1n) is 9.48. The summed E-state index contributed by atoms with van der Waals surface area (Å²) in [5.41, 5.74) is 0. The van der Waals surface area contributed by atoms with E-state index in [1.54, 1.807) is 0 Å². The first-order valence-corrected chi connectivity index (χ1v) is 9.48. The molecule has 21 heavy (non-hydrogen) atoms. The lowest BCUT2D eigenvalue weighted by Gasteiger charge is -2.01. The van der Waals surface area contributed by atoms with Gasteiger partial charge in [0.05, 0.1) is 0 Å². The molecule has 124 valence electrons. The molecule has 0 rings (SSSR count). The fourth-order valence-corrected chi connectivity index (χ4v) is 2.56. The van der Waals surface area contributed by atoms with Crippen molar-refractivity contribution in [2.45, 2.75) is 110 Å². The number of unbranched alkanes of at least 4 members (excludes halogenated alkanes) is 14. The van der Waals surface area contributed by atoms with Gasteiger partial charge in [-0.3, -0.25) is 0 Å². The molecule has 0 aromatic carbocycles. The second-order valence-corrected chi connectivity index (χ2v) is 6.17. The third-order valence-electron chi connectivity index (χ3n) is 3.99. The summed E-state index contributed by atoms with van der Waals surface area (Å²) in [6.07, 6.45) is 20.7. The Hall–Kier alpha value is -0.480.